The molecular formula is C17H22N2O2. The molecule has 0 aliphatic heterocycles. The smallest absolute Gasteiger partial charge is 0.128 e. The number of benzene rings is 1. The van der Waals surface area contributed by atoms with Crippen molar-refractivity contribution in [1.29, 1.82) is 0 Å². The van der Waals surface area contributed by atoms with E-state index in [9.17, 15) is 0 Å². The van der Waals surface area contributed by atoms with E-state index in [0.717, 1.165) is 34.9 Å². The summed E-state index contributed by atoms with van der Waals surface area (Å²) in [6, 6.07) is 9.82. The van der Waals surface area contributed by atoms with Crippen LogP contribution >= 0.6 is 0 Å². The third-order valence-corrected chi connectivity index (χ3v) is 3.33. The molecule has 2 rings (SSSR count). The van der Waals surface area contributed by atoms with Crippen molar-refractivity contribution < 1.29 is 9.47 Å². The summed E-state index contributed by atoms with van der Waals surface area (Å²) in [5.41, 5.74) is 3.16. The van der Waals surface area contributed by atoms with Crippen molar-refractivity contribution in [3.05, 3.63) is 53.3 Å². The SMILES string of the molecule is COc1c(C)cnc(CNCCOc2ccccc2)c1C. The Morgan fingerprint density at radius 3 is 2.62 bits per heavy atom. The molecule has 1 heterocycles. The van der Waals surface area contributed by atoms with E-state index in [-0.39, 0.29) is 0 Å². The molecule has 0 atom stereocenters. The molecule has 0 spiro atoms. The monoisotopic (exact) mass is 286 g/mol. The highest BCUT2D eigenvalue weighted by atomic mass is 16.5. The van der Waals surface area contributed by atoms with Crippen molar-refractivity contribution in [2.24, 2.45) is 0 Å². The number of para-hydroxylation sites is 1. The van der Waals surface area contributed by atoms with Crippen molar-refractivity contribution in [3.8, 4) is 11.5 Å². The average molecular weight is 286 g/mol. The quantitative estimate of drug-likeness (QED) is 0.795. The molecule has 112 valence electrons. The summed E-state index contributed by atoms with van der Waals surface area (Å²) in [4.78, 5) is 4.46. The predicted octanol–water partition coefficient (Wildman–Crippen LogP) is 2.88. The first-order chi connectivity index (χ1) is 10.2. The number of pyridine rings is 1. The molecule has 0 fully saturated rings. The van der Waals surface area contributed by atoms with Gasteiger partial charge in [-0.25, -0.2) is 0 Å². The maximum atomic E-state index is 5.63. The molecular weight excluding hydrogens is 264 g/mol. The molecule has 1 N–H and O–H groups in total. The summed E-state index contributed by atoms with van der Waals surface area (Å²) >= 11 is 0. The largest absolute Gasteiger partial charge is 0.496 e. The third-order valence-electron chi connectivity index (χ3n) is 3.33. The zero-order valence-corrected chi connectivity index (χ0v) is 12.8. The van der Waals surface area contributed by atoms with Crippen LogP contribution in [-0.4, -0.2) is 25.2 Å². The Bertz CT molecular complexity index is 571. The van der Waals surface area contributed by atoms with Gasteiger partial charge in [-0.3, -0.25) is 4.98 Å². The van der Waals surface area contributed by atoms with Crippen molar-refractivity contribution in [2.45, 2.75) is 20.4 Å². The molecule has 0 bridgehead atoms. The van der Waals surface area contributed by atoms with Gasteiger partial charge < -0.3 is 14.8 Å². The van der Waals surface area contributed by atoms with Crippen molar-refractivity contribution >= 4 is 0 Å². The Balaban J connectivity index is 1.79. The number of rotatable bonds is 7. The van der Waals surface area contributed by atoms with E-state index < -0.39 is 0 Å². The molecule has 0 saturated carbocycles. The molecule has 0 saturated heterocycles. The number of nitrogens with one attached hydrogen (secondary N) is 1. The van der Waals surface area contributed by atoms with Gasteiger partial charge >= 0.3 is 0 Å². The van der Waals surface area contributed by atoms with Crippen LogP contribution in [0.3, 0.4) is 0 Å². The van der Waals surface area contributed by atoms with Crippen LogP contribution in [0.15, 0.2) is 36.5 Å². The highest BCUT2D eigenvalue weighted by Crippen LogP contribution is 2.23. The van der Waals surface area contributed by atoms with Crippen LogP contribution in [0, 0.1) is 13.8 Å². The molecule has 0 aliphatic rings. The van der Waals surface area contributed by atoms with Crippen LogP contribution in [0.25, 0.3) is 0 Å². The van der Waals surface area contributed by atoms with E-state index in [2.05, 4.69) is 10.3 Å². The molecule has 0 radical (unpaired) electrons. The molecule has 4 heteroatoms. The van der Waals surface area contributed by atoms with Gasteiger partial charge in [0.15, 0.2) is 0 Å². The van der Waals surface area contributed by atoms with Gasteiger partial charge in [0.25, 0.3) is 0 Å². The lowest BCUT2D eigenvalue weighted by molar-refractivity contribution is 0.313. The van der Waals surface area contributed by atoms with Gasteiger partial charge in [0.2, 0.25) is 0 Å². The number of hydrogen-bond acceptors (Lipinski definition) is 4. The first-order valence-corrected chi connectivity index (χ1v) is 7.10. The number of ether oxygens (including phenoxy) is 2. The van der Waals surface area contributed by atoms with E-state index in [1.807, 2.05) is 50.4 Å². The van der Waals surface area contributed by atoms with Crippen LogP contribution in [0.2, 0.25) is 0 Å². The summed E-state index contributed by atoms with van der Waals surface area (Å²) in [6.07, 6.45) is 1.85. The molecule has 0 aliphatic carbocycles. The fourth-order valence-corrected chi connectivity index (χ4v) is 2.21. The lowest BCUT2D eigenvalue weighted by Gasteiger charge is -2.13. The molecule has 21 heavy (non-hydrogen) atoms. The highest BCUT2D eigenvalue weighted by molar-refractivity contribution is 5.40. The Labute approximate surface area is 126 Å². The number of hydrogen-bond donors (Lipinski definition) is 1. The second-order valence-electron chi connectivity index (χ2n) is 4.88. The summed E-state index contributed by atoms with van der Waals surface area (Å²) in [6.45, 7) is 6.15. The lowest BCUT2D eigenvalue weighted by Crippen LogP contribution is -2.21. The maximum absolute atomic E-state index is 5.63. The zero-order chi connectivity index (χ0) is 15.1. The molecule has 2 aromatic rings. The standard InChI is InChI=1S/C17H22N2O2/c1-13-11-19-16(14(2)17(13)20-3)12-18-9-10-21-15-7-5-4-6-8-15/h4-8,11,18H,9-10,12H2,1-3H3. The number of nitrogens with zero attached hydrogens (tertiary/aromatic N) is 1. The summed E-state index contributed by atoms with van der Waals surface area (Å²) < 4.78 is 11.0. The first-order valence-electron chi connectivity index (χ1n) is 7.10. The van der Waals surface area contributed by atoms with Crippen LogP contribution < -0.4 is 14.8 Å². The minimum Gasteiger partial charge on any atom is -0.496 e. The topological polar surface area (TPSA) is 43.4 Å². The average Bonchev–Trinajstić information content (AvgIpc) is 2.50. The zero-order valence-electron chi connectivity index (χ0n) is 12.8. The van der Waals surface area contributed by atoms with Crippen LogP contribution in [-0.2, 0) is 6.54 Å². The normalized spacial score (nSPS) is 10.4. The van der Waals surface area contributed by atoms with Crippen LogP contribution in [0.4, 0.5) is 0 Å². The van der Waals surface area contributed by atoms with E-state index >= 15 is 0 Å². The predicted molar refractivity (Wildman–Crippen MR) is 83.9 cm³/mol. The van der Waals surface area contributed by atoms with Gasteiger partial charge in [-0.05, 0) is 26.0 Å². The van der Waals surface area contributed by atoms with Gasteiger partial charge in [0, 0.05) is 30.4 Å². The molecule has 1 aromatic carbocycles. The molecule has 0 unspecified atom stereocenters. The Morgan fingerprint density at radius 1 is 1.14 bits per heavy atom. The first kappa shape index (κ1) is 15.3. The summed E-state index contributed by atoms with van der Waals surface area (Å²) in [5.74, 6) is 1.81. The maximum Gasteiger partial charge on any atom is 0.128 e. The van der Waals surface area contributed by atoms with Gasteiger partial charge in [0.05, 0.1) is 12.8 Å². The van der Waals surface area contributed by atoms with Crippen molar-refractivity contribution in [2.75, 3.05) is 20.3 Å². The molecule has 4 nitrogen and oxygen atoms in total. The van der Waals surface area contributed by atoms with E-state index in [1.165, 1.54) is 0 Å². The van der Waals surface area contributed by atoms with E-state index in [4.69, 9.17) is 9.47 Å². The van der Waals surface area contributed by atoms with Crippen molar-refractivity contribution in [3.63, 3.8) is 0 Å². The van der Waals surface area contributed by atoms with Crippen LogP contribution in [0.5, 0.6) is 11.5 Å². The number of aromatic nitrogens is 1. The van der Waals surface area contributed by atoms with Crippen LogP contribution in [0.1, 0.15) is 16.8 Å². The van der Waals surface area contributed by atoms with Gasteiger partial charge in [-0.2, -0.15) is 0 Å². The number of aryl methyl sites for hydroxylation is 1. The Hall–Kier alpha value is -2.07. The van der Waals surface area contributed by atoms with Crippen molar-refractivity contribution in [1.82, 2.24) is 10.3 Å². The minimum atomic E-state index is 0.631. The van der Waals surface area contributed by atoms with Gasteiger partial charge in [0.1, 0.15) is 18.1 Å². The van der Waals surface area contributed by atoms with Gasteiger partial charge in [-0.15, -0.1) is 0 Å². The Morgan fingerprint density at radius 2 is 1.90 bits per heavy atom. The molecule has 1 aromatic heterocycles. The third kappa shape index (κ3) is 4.20. The highest BCUT2D eigenvalue weighted by Gasteiger charge is 2.08. The second kappa shape index (κ2) is 7.64. The van der Waals surface area contributed by atoms with E-state index in [1.54, 1.807) is 7.11 Å². The minimum absolute atomic E-state index is 0.631. The summed E-state index contributed by atoms with van der Waals surface area (Å²) in [7, 11) is 1.69. The lowest BCUT2D eigenvalue weighted by atomic mass is 10.1. The summed E-state index contributed by atoms with van der Waals surface area (Å²) in [5, 5.41) is 3.34. The molecule has 0 amide bonds. The van der Waals surface area contributed by atoms with E-state index in [0.29, 0.717) is 13.2 Å². The second-order valence-corrected chi connectivity index (χ2v) is 4.88. The number of methoxy groups -OCH3 is 1. The fraction of sp³-hybridized carbons (Fsp3) is 0.353. The Kier molecular flexibility index (Phi) is 5.58. The van der Waals surface area contributed by atoms with Gasteiger partial charge in [-0.1, -0.05) is 18.2 Å². The fourth-order valence-electron chi connectivity index (χ4n) is 2.21.